The van der Waals surface area contributed by atoms with E-state index in [9.17, 15) is 9.59 Å². The number of aromatic nitrogens is 2. The first-order valence-corrected chi connectivity index (χ1v) is 5.96. The second kappa shape index (κ2) is 5.09. The summed E-state index contributed by atoms with van der Waals surface area (Å²) in [6.45, 7) is 3.49. The van der Waals surface area contributed by atoms with E-state index < -0.39 is 17.9 Å². The molecule has 0 bridgehead atoms. The summed E-state index contributed by atoms with van der Waals surface area (Å²) < 4.78 is 0. The predicted molar refractivity (Wildman–Crippen MR) is 69.8 cm³/mol. The maximum atomic E-state index is 12.0. The van der Waals surface area contributed by atoms with E-state index in [0.29, 0.717) is 5.56 Å². The number of hydrogen-bond acceptors (Lipinski definition) is 3. The van der Waals surface area contributed by atoms with Gasteiger partial charge < -0.3 is 15.4 Å². The Kier molecular flexibility index (Phi) is 3.50. The minimum atomic E-state index is -1.04. The van der Waals surface area contributed by atoms with Crippen LogP contribution in [-0.2, 0) is 4.79 Å². The number of aliphatic carboxylic acids is 1. The molecule has 6 nitrogen and oxygen atoms in total. The fourth-order valence-corrected chi connectivity index (χ4v) is 1.81. The summed E-state index contributed by atoms with van der Waals surface area (Å²) in [7, 11) is 0. The Bertz CT molecular complexity index is 618. The Hall–Kier alpha value is -2.37. The molecule has 1 unspecified atom stereocenters. The lowest BCUT2D eigenvalue weighted by atomic mass is 10.0. The van der Waals surface area contributed by atoms with Crippen molar-refractivity contribution in [3.8, 4) is 0 Å². The molecule has 2 rings (SSSR count). The number of hydrogen-bond donors (Lipinski definition) is 3. The Morgan fingerprint density at radius 1 is 1.37 bits per heavy atom. The molecule has 2 aromatic rings. The van der Waals surface area contributed by atoms with Gasteiger partial charge in [-0.2, -0.15) is 0 Å². The van der Waals surface area contributed by atoms with Crippen LogP contribution in [0.25, 0.3) is 11.0 Å². The molecule has 100 valence electrons. The molecule has 1 heterocycles. The number of nitrogens with zero attached hydrogens (tertiary/aromatic N) is 1. The molecule has 19 heavy (non-hydrogen) atoms. The van der Waals surface area contributed by atoms with Crippen LogP contribution in [0.5, 0.6) is 0 Å². The number of carbonyl (C=O) groups is 2. The molecular weight excluding hydrogens is 246 g/mol. The van der Waals surface area contributed by atoms with E-state index in [4.69, 9.17) is 5.11 Å². The second-order valence-corrected chi connectivity index (χ2v) is 4.67. The molecule has 0 saturated carbocycles. The van der Waals surface area contributed by atoms with Crippen LogP contribution >= 0.6 is 0 Å². The number of carboxylic acid groups (broad SMARTS) is 1. The monoisotopic (exact) mass is 261 g/mol. The van der Waals surface area contributed by atoms with Gasteiger partial charge in [0, 0.05) is 5.56 Å². The van der Waals surface area contributed by atoms with Gasteiger partial charge in [-0.05, 0) is 24.1 Å². The lowest BCUT2D eigenvalue weighted by molar-refractivity contribution is -0.140. The number of aromatic amines is 1. The Balaban J connectivity index is 2.21. The first kappa shape index (κ1) is 13.1. The van der Waals surface area contributed by atoms with E-state index in [1.165, 1.54) is 0 Å². The largest absolute Gasteiger partial charge is 0.480 e. The molecule has 6 heteroatoms. The highest BCUT2D eigenvalue weighted by atomic mass is 16.4. The van der Waals surface area contributed by atoms with E-state index in [1.807, 2.05) is 0 Å². The van der Waals surface area contributed by atoms with Crippen LogP contribution in [0.1, 0.15) is 24.2 Å². The Morgan fingerprint density at radius 2 is 2.11 bits per heavy atom. The standard InChI is InChI=1S/C13H15N3O3/c1-7(2)11(13(18)19)16-12(17)8-3-4-9-10(5-8)15-6-14-9/h3-7,11H,1-2H3,(H,14,15)(H,16,17)(H,18,19). The molecule has 1 aromatic carbocycles. The number of H-pyrrole nitrogens is 1. The van der Waals surface area contributed by atoms with Crippen molar-refractivity contribution in [3.63, 3.8) is 0 Å². The minimum Gasteiger partial charge on any atom is -0.480 e. The smallest absolute Gasteiger partial charge is 0.326 e. The summed E-state index contributed by atoms with van der Waals surface area (Å²) in [5.74, 6) is -1.62. The third-order valence-electron chi connectivity index (χ3n) is 2.90. The fourth-order valence-electron chi connectivity index (χ4n) is 1.81. The van der Waals surface area contributed by atoms with Crippen LogP contribution in [0.2, 0.25) is 0 Å². The van der Waals surface area contributed by atoms with Crippen LogP contribution in [-0.4, -0.2) is 33.0 Å². The van der Waals surface area contributed by atoms with E-state index in [-0.39, 0.29) is 5.92 Å². The number of carboxylic acids is 1. The number of amides is 1. The van der Waals surface area contributed by atoms with Crippen molar-refractivity contribution < 1.29 is 14.7 Å². The maximum Gasteiger partial charge on any atom is 0.326 e. The zero-order valence-electron chi connectivity index (χ0n) is 10.7. The van der Waals surface area contributed by atoms with Crippen LogP contribution < -0.4 is 5.32 Å². The number of benzene rings is 1. The van der Waals surface area contributed by atoms with Gasteiger partial charge in [-0.15, -0.1) is 0 Å². The van der Waals surface area contributed by atoms with Crippen molar-refractivity contribution in [3.05, 3.63) is 30.1 Å². The maximum absolute atomic E-state index is 12.0. The molecule has 3 N–H and O–H groups in total. The molecule has 0 aliphatic carbocycles. The summed E-state index contributed by atoms with van der Waals surface area (Å²) in [5, 5.41) is 11.6. The average Bonchev–Trinajstić information content (AvgIpc) is 2.81. The summed E-state index contributed by atoms with van der Waals surface area (Å²) in [6, 6.07) is 4.09. The number of fused-ring (bicyclic) bond motifs is 1. The molecule has 0 aliphatic heterocycles. The molecule has 0 spiro atoms. The van der Waals surface area contributed by atoms with Crippen molar-refractivity contribution in [2.24, 2.45) is 5.92 Å². The zero-order chi connectivity index (χ0) is 14.0. The highest BCUT2D eigenvalue weighted by Gasteiger charge is 2.23. The summed E-state index contributed by atoms with van der Waals surface area (Å²) in [5.41, 5.74) is 1.91. The second-order valence-electron chi connectivity index (χ2n) is 4.67. The molecule has 1 aromatic heterocycles. The van der Waals surface area contributed by atoms with Gasteiger partial charge >= 0.3 is 5.97 Å². The molecule has 0 radical (unpaired) electrons. The Labute approximate surface area is 109 Å². The minimum absolute atomic E-state index is 0.183. The van der Waals surface area contributed by atoms with E-state index in [1.54, 1.807) is 38.4 Å². The van der Waals surface area contributed by atoms with Gasteiger partial charge in [-0.25, -0.2) is 9.78 Å². The molecule has 1 atom stereocenters. The van der Waals surface area contributed by atoms with Gasteiger partial charge in [0.25, 0.3) is 5.91 Å². The SMILES string of the molecule is CC(C)C(NC(=O)c1ccc2nc[nH]c2c1)C(=O)O. The molecule has 0 saturated heterocycles. The molecule has 0 fully saturated rings. The van der Waals surface area contributed by atoms with Gasteiger partial charge in [0.15, 0.2) is 0 Å². The highest BCUT2D eigenvalue weighted by molar-refractivity contribution is 5.99. The van der Waals surface area contributed by atoms with Crippen molar-refractivity contribution in [2.75, 3.05) is 0 Å². The summed E-state index contributed by atoms with van der Waals surface area (Å²) in [6.07, 6.45) is 1.54. The fraction of sp³-hybridized carbons (Fsp3) is 0.308. The third kappa shape index (κ3) is 2.73. The lowest BCUT2D eigenvalue weighted by Crippen LogP contribution is -2.44. The predicted octanol–water partition coefficient (Wildman–Crippen LogP) is 1.40. The number of rotatable bonds is 4. The molecular formula is C13H15N3O3. The molecule has 0 aliphatic rings. The highest BCUT2D eigenvalue weighted by Crippen LogP contribution is 2.12. The zero-order valence-corrected chi connectivity index (χ0v) is 10.7. The number of nitrogens with one attached hydrogen (secondary N) is 2. The van der Waals surface area contributed by atoms with Crippen LogP contribution in [0.4, 0.5) is 0 Å². The topological polar surface area (TPSA) is 95.1 Å². The van der Waals surface area contributed by atoms with Crippen molar-refractivity contribution in [1.82, 2.24) is 15.3 Å². The van der Waals surface area contributed by atoms with E-state index >= 15 is 0 Å². The first-order valence-electron chi connectivity index (χ1n) is 5.96. The average molecular weight is 261 g/mol. The van der Waals surface area contributed by atoms with Gasteiger partial charge in [0.2, 0.25) is 0 Å². The Morgan fingerprint density at radius 3 is 2.74 bits per heavy atom. The van der Waals surface area contributed by atoms with E-state index in [0.717, 1.165) is 11.0 Å². The van der Waals surface area contributed by atoms with Crippen molar-refractivity contribution in [2.45, 2.75) is 19.9 Å². The first-order chi connectivity index (χ1) is 8.99. The van der Waals surface area contributed by atoms with Crippen LogP contribution in [0, 0.1) is 5.92 Å². The number of imidazole rings is 1. The van der Waals surface area contributed by atoms with Gasteiger partial charge in [-0.1, -0.05) is 13.8 Å². The van der Waals surface area contributed by atoms with Gasteiger partial charge in [0.1, 0.15) is 6.04 Å². The van der Waals surface area contributed by atoms with Crippen LogP contribution in [0.3, 0.4) is 0 Å². The summed E-state index contributed by atoms with van der Waals surface area (Å²) in [4.78, 5) is 30.0. The lowest BCUT2D eigenvalue weighted by Gasteiger charge is -2.17. The summed E-state index contributed by atoms with van der Waals surface area (Å²) >= 11 is 0. The normalized spacial score (nSPS) is 12.6. The van der Waals surface area contributed by atoms with E-state index in [2.05, 4.69) is 15.3 Å². The molecule has 1 amide bonds. The third-order valence-corrected chi connectivity index (χ3v) is 2.90. The van der Waals surface area contributed by atoms with Crippen molar-refractivity contribution >= 4 is 22.9 Å². The van der Waals surface area contributed by atoms with Crippen molar-refractivity contribution in [1.29, 1.82) is 0 Å². The quantitative estimate of drug-likeness (QED) is 0.775. The van der Waals surface area contributed by atoms with Crippen LogP contribution in [0.15, 0.2) is 24.5 Å². The van der Waals surface area contributed by atoms with Gasteiger partial charge in [-0.3, -0.25) is 4.79 Å². The van der Waals surface area contributed by atoms with Gasteiger partial charge in [0.05, 0.1) is 17.4 Å². The number of carbonyl (C=O) groups excluding carboxylic acids is 1.